The van der Waals surface area contributed by atoms with Gasteiger partial charge < -0.3 is 29.7 Å². The van der Waals surface area contributed by atoms with Crippen molar-refractivity contribution in [2.75, 3.05) is 33.5 Å². The fraction of sp³-hybridized carbons (Fsp3) is 0.947. The zero-order valence-corrected chi connectivity index (χ0v) is 17.6. The maximum Gasteiger partial charge on any atom is 0.302 e. The van der Waals surface area contributed by atoms with Crippen LogP contribution in [0.1, 0.15) is 54.9 Å². The second-order valence-corrected chi connectivity index (χ2v) is 8.30. The molecule has 0 aromatic heterocycles. The summed E-state index contributed by atoms with van der Waals surface area (Å²) in [5, 5.41) is 25.3. The zero-order chi connectivity index (χ0) is 20.4. The molecule has 7 nitrogen and oxygen atoms in total. The molecule has 1 fully saturated rings. The standard InChI is InChI=1S/C19H37NO6/c1-9-15(3)16(4,12-21)26-17(5,13-24-8)18(6,19(15,7)23)20-10-11-25-14(2)22/h20-21,23H,9-13H2,1-8H3/t15-,16?,17+,18?,19-/m1/s1. The van der Waals surface area contributed by atoms with Crippen LogP contribution in [-0.4, -0.2) is 72.0 Å². The largest absolute Gasteiger partial charge is 0.465 e. The molecular weight excluding hydrogens is 338 g/mol. The topological polar surface area (TPSA) is 97.3 Å². The minimum Gasteiger partial charge on any atom is -0.465 e. The lowest BCUT2D eigenvalue weighted by Gasteiger charge is -2.69. The predicted molar refractivity (Wildman–Crippen MR) is 98.9 cm³/mol. The van der Waals surface area contributed by atoms with Crippen LogP contribution in [0.4, 0.5) is 0 Å². The molecule has 0 aliphatic carbocycles. The minimum absolute atomic E-state index is 0.185. The lowest BCUT2D eigenvalue weighted by atomic mass is 9.50. The monoisotopic (exact) mass is 375 g/mol. The molecule has 1 aliphatic heterocycles. The number of ether oxygens (including phenoxy) is 3. The van der Waals surface area contributed by atoms with E-state index in [9.17, 15) is 15.0 Å². The highest BCUT2D eigenvalue weighted by Crippen LogP contribution is 2.59. The molecule has 1 heterocycles. The maximum atomic E-state index is 11.8. The second kappa shape index (κ2) is 7.72. The van der Waals surface area contributed by atoms with Crippen LogP contribution in [0.25, 0.3) is 0 Å². The van der Waals surface area contributed by atoms with Crippen LogP contribution in [-0.2, 0) is 19.0 Å². The molecule has 1 aliphatic rings. The first kappa shape index (κ1) is 23.3. The summed E-state index contributed by atoms with van der Waals surface area (Å²) >= 11 is 0. The second-order valence-electron chi connectivity index (χ2n) is 8.30. The molecule has 3 N–H and O–H groups in total. The molecule has 0 bridgehead atoms. The summed E-state index contributed by atoms with van der Waals surface area (Å²) in [4.78, 5) is 11.0. The van der Waals surface area contributed by atoms with Crippen LogP contribution in [0.15, 0.2) is 0 Å². The van der Waals surface area contributed by atoms with Crippen molar-refractivity contribution in [3.8, 4) is 0 Å². The van der Waals surface area contributed by atoms with Crippen molar-refractivity contribution in [2.45, 2.75) is 77.2 Å². The minimum atomic E-state index is -1.27. The summed E-state index contributed by atoms with van der Waals surface area (Å²) in [7, 11) is 1.58. The molecule has 7 heteroatoms. The number of methoxy groups -OCH3 is 1. The van der Waals surface area contributed by atoms with Gasteiger partial charge >= 0.3 is 5.97 Å². The molecular formula is C19H37NO6. The molecule has 5 atom stereocenters. The van der Waals surface area contributed by atoms with E-state index in [1.807, 2.05) is 34.6 Å². The molecule has 0 amide bonds. The number of aliphatic hydroxyl groups excluding tert-OH is 1. The highest BCUT2D eigenvalue weighted by molar-refractivity contribution is 5.65. The lowest BCUT2D eigenvalue weighted by molar-refractivity contribution is -0.358. The van der Waals surface area contributed by atoms with Gasteiger partial charge in [0.1, 0.15) is 12.2 Å². The van der Waals surface area contributed by atoms with Gasteiger partial charge in [-0.15, -0.1) is 0 Å². The molecule has 0 aromatic carbocycles. The van der Waals surface area contributed by atoms with Crippen molar-refractivity contribution in [3.63, 3.8) is 0 Å². The Kier molecular flexibility index (Phi) is 6.92. The number of esters is 1. The zero-order valence-electron chi connectivity index (χ0n) is 17.6. The van der Waals surface area contributed by atoms with Crippen molar-refractivity contribution >= 4 is 5.97 Å². The first-order valence-electron chi connectivity index (χ1n) is 9.21. The van der Waals surface area contributed by atoms with Crippen molar-refractivity contribution in [3.05, 3.63) is 0 Å². The number of aliphatic hydroxyl groups is 2. The van der Waals surface area contributed by atoms with Crippen LogP contribution in [0.2, 0.25) is 0 Å². The average molecular weight is 376 g/mol. The Morgan fingerprint density at radius 1 is 1.15 bits per heavy atom. The molecule has 154 valence electrons. The Hall–Kier alpha value is -0.730. The van der Waals surface area contributed by atoms with Gasteiger partial charge in [0.2, 0.25) is 0 Å². The van der Waals surface area contributed by atoms with E-state index in [1.165, 1.54) is 6.92 Å². The summed E-state index contributed by atoms with van der Waals surface area (Å²) in [5.41, 5.74) is -4.85. The maximum absolute atomic E-state index is 11.8. The van der Waals surface area contributed by atoms with Crippen LogP contribution >= 0.6 is 0 Å². The third-order valence-corrected chi connectivity index (χ3v) is 7.04. The molecule has 2 unspecified atom stereocenters. The molecule has 0 radical (unpaired) electrons. The van der Waals surface area contributed by atoms with E-state index in [4.69, 9.17) is 14.2 Å². The predicted octanol–water partition coefficient (Wildman–Crippen LogP) is 1.25. The van der Waals surface area contributed by atoms with Gasteiger partial charge in [-0.1, -0.05) is 13.8 Å². The number of hydrogen-bond donors (Lipinski definition) is 3. The number of carbonyl (C=O) groups excluding carboxylic acids is 1. The van der Waals surface area contributed by atoms with Gasteiger partial charge in [0.25, 0.3) is 0 Å². The Morgan fingerprint density at radius 3 is 2.15 bits per heavy atom. The first-order valence-corrected chi connectivity index (χ1v) is 9.21. The Labute approximate surface area is 157 Å². The molecule has 1 saturated heterocycles. The third-order valence-electron chi connectivity index (χ3n) is 7.04. The van der Waals surface area contributed by atoms with Gasteiger partial charge in [0, 0.05) is 26.0 Å². The number of carbonyl (C=O) groups is 1. The third kappa shape index (κ3) is 3.29. The van der Waals surface area contributed by atoms with Gasteiger partial charge in [-0.3, -0.25) is 4.79 Å². The van der Waals surface area contributed by atoms with Crippen LogP contribution in [0.5, 0.6) is 0 Å². The van der Waals surface area contributed by atoms with E-state index in [0.29, 0.717) is 13.0 Å². The summed E-state index contributed by atoms with van der Waals surface area (Å²) < 4.78 is 16.9. The Morgan fingerprint density at radius 2 is 1.73 bits per heavy atom. The number of nitrogens with one attached hydrogen (secondary N) is 1. The Balaban J connectivity index is 3.39. The number of rotatable bonds is 8. The fourth-order valence-corrected chi connectivity index (χ4v) is 4.52. The van der Waals surface area contributed by atoms with Crippen LogP contribution in [0, 0.1) is 5.41 Å². The highest BCUT2D eigenvalue weighted by Gasteiger charge is 2.72. The molecule has 0 spiro atoms. The van der Waals surface area contributed by atoms with E-state index in [1.54, 1.807) is 14.0 Å². The van der Waals surface area contributed by atoms with Crippen molar-refractivity contribution in [1.82, 2.24) is 5.32 Å². The Bertz CT molecular complexity index is 512. The van der Waals surface area contributed by atoms with E-state index >= 15 is 0 Å². The summed E-state index contributed by atoms with van der Waals surface area (Å²) in [5.74, 6) is -0.352. The van der Waals surface area contributed by atoms with Gasteiger partial charge in [-0.2, -0.15) is 0 Å². The normalized spacial score (nSPS) is 43.3. The van der Waals surface area contributed by atoms with Gasteiger partial charge in [-0.25, -0.2) is 0 Å². The van der Waals surface area contributed by atoms with E-state index in [-0.39, 0.29) is 25.8 Å². The van der Waals surface area contributed by atoms with Crippen molar-refractivity contribution in [1.29, 1.82) is 0 Å². The quantitative estimate of drug-likeness (QED) is 0.434. The van der Waals surface area contributed by atoms with Gasteiger partial charge in [0.05, 0.1) is 30.0 Å². The van der Waals surface area contributed by atoms with E-state index in [0.717, 1.165) is 0 Å². The SMILES string of the molecule is CC[C@]1(C)C(C)(CO)O[C@@](C)(COC)C(C)(NCCOC(C)=O)[C@]1(C)O. The molecule has 0 saturated carbocycles. The van der Waals surface area contributed by atoms with Gasteiger partial charge in [0.15, 0.2) is 0 Å². The summed E-state index contributed by atoms with van der Waals surface area (Å²) in [6.07, 6.45) is 0.599. The molecule has 0 aromatic rings. The highest BCUT2D eigenvalue weighted by atomic mass is 16.6. The number of hydrogen-bond acceptors (Lipinski definition) is 7. The van der Waals surface area contributed by atoms with Crippen LogP contribution < -0.4 is 5.32 Å². The van der Waals surface area contributed by atoms with Crippen molar-refractivity contribution < 1.29 is 29.2 Å². The van der Waals surface area contributed by atoms with E-state index < -0.39 is 27.8 Å². The van der Waals surface area contributed by atoms with Crippen LogP contribution in [0.3, 0.4) is 0 Å². The van der Waals surface area contributed by atoms with Crippen molar-refractivity contribution in [2.24, 2.45) is 5.41 Å². The van der Waals surface area contributed by atoms with E-state index in [2.05, 4.69) is 5.32 Å². The smallest absolute Gasteiger partial charge is 0.302 e. The average Bonchev–Trinajstić information content (AvgIpc) is 2.55. The lowest BCUT2D eigenvalue weighted by Crippen LogP contribution is -2.85. The molecule has 1 rings (SSSR count). The summed E-state index contributed by atoms with van der Waals surface area (Å²) in [6, 6.07) is 0. The first-order chi connectivity index (χ1) is 11.8. The van der Waals surface area contributed by atoms with Gasteiger partial charge in [-0.05, 0) is 34.1 Å². The molecule has 26 heavy (non-hydrogen) atoms. The fourth-order valence-electron chi connectivity index (χ4n) is 4.52. The summed E-state index contributed by atoms with van der Waals surface area (Å²) in [6.45, 7) is 13.2.